The molecule has 1 rings (SSSR count). The minimum absolute atomic E-state index is 0.0609. The van der Waals surface area contributed by atoms with E-state index < -0.39 is 12.1 Å². The number of benzene rings is 1. The molecule has 0 spiro atoms. The van der Waals surface area contributed by atoms with Crippen molar-refractivity contribution in [3.8, 4) is 0 Å². The third-order valence-corrected chi connectivity index (χ3v) is 2.75. The Balaban J connectivity index is 2.48. The van der Waals surface area contributed by atoms with Gasteiger partial charge in [-0.1, -0.05) is 28.1 Å². The Morgan fingerprint density at radius 2 is 1.94 bits per heavy atom. The Morgan fingerprint density at radius 1 is 1.38 bits per heavy atom. The second-order valence-corrected chi connectivity index (χ2v) is 4.60. The molecule has 4 nitrogen and oxygen atoms in total. The van der Waals surface area contributed by atoms with Gasteiger partial charge in [-0.15, -0.1) is 0 Å². The number of hydrogen-bond donors (Lipinski definition) is 3. The molecule has 5 heteroatoms. The average Bonchev–Trinajstić information content (AvgIpc) is 2.21. The van der Waals surface area contributed by atoms with Gasteiger partial charge in [0.25, 0.3) is 0 Å². The number of nitrogens with two attached hydrogens (primary N) is 1. The summed E-state index contributed by atoms with van der Waals surface area (Å²) in [5.41, 5.74) is 6.77. The highest BCUT2D eigenvalue weighted by molar-refractivity contribution is 9.10. The molecule has 0 radical (unpaired) electrons. The molecule has 0 bridgehead atoms. The van der Waals surface area contributed by atoms with Crippen LogP contribution in [0.3, 0.4) is 0 Å². The summed E-state index contributed by atoms with van der Waals surface area (Å²) in [5, 5.41) is 17.7. The van der Waals surface area contributed by atoms with Crippen LogP contribution in [0.25, 0.3) is 0 Å². The first-order valence-electron chi connectivity index (χ1n) is 4.90. The molecule has 2 atom stereocenters. The van der Waals surface area contributed by atoms with E-state index in [1.165, 1.54) is 0 Å². The van der Waals surface area contributed by atoms with Crippen molar-refractivity contribution >= 4 is 21.9 Å². The average molecular weight is 288 g/mol. The second kappa shape index (κ2) is 5.98. The lowest BCUT2D eigenvalue weighted by Gasteiger charge is -2.13. The lowest BCUT2D eigenvalue weighted by atomic mass is 10.0. The Morgan fingerprint density at radius 3 is 2.44 bits per heavy atom. The summed E-state index contributed by atoms with van der Waals surface area (Å²) in [6.45, 7) is 0. The summed E-state index contributed by atoms with van der Waals surface area (Å²) in [7, 11) is 0. The summed E-state index contributed by atoms with van der Waals surface area (Å²) < 4.78 is 0.982. The molecule has 0 aliphatic heterocycles. The third kappa shape index (κ3) is 4.30. The number of rotatable bonds is 5. The van der Waals surface area contributed by atoms with E-state index in [-0.39, 0.29) is 12.5 Å². The van der Waals surface area contributed by atoms with Crippen LogP contribution in [0.1, 0.15) is 12.0 Å². The number of aliphatic hydroxyl groups excluding tert-OH is 1. The molecule has 0 aromatic heterocycles. The number of carboxylic acids is 1. The van der Waals surface area contributed by atoms with Gasteiger partial charge >= 0.3 is 5.97 Å². The highest BCUT2D eigenvalue weighted by Gasteiger charge is 2.17. The molecular formula is C11H14BrNO3. The van der Waals surface area contributed by atoms with E-state index in [9.17, 15) is 4.79 Å². The Hall–Kier alpha value is -0.910. The van der Waals surface area contributed by atoms with Gasteiger partial charge in [-0.25, -0.2) is 4.79 Å². The maximum Gasteiger partial charge on any atom is 0.332 e. The molecule has 0 fully saturated rings. The van der Waals surface area contributed by atoms with Gasteiger partial charge in [-0.2, -0.15) is 0 Å². The van der Waals surface area contributed by atoms with Gasteiger partial charge in [-0.05, 0) is 30.5 Å². The van der Waals surface area contributed by atoms with Gasteiger partial charge in [0.2, 0.25) is 0 Å². The van der Waals surface area contributed by atoms with Gasteiger partial charge in [0.15, 0.2) is 6.10 Å². The van der Waals surface area contributed by atoms with Gasteiger partial charge in [0.05, 0.1) is 0 Å². The van der Waals surface area contributed by atoms with Crippen LogP contribution in [0, 0.1) is 0 Å². The SMILES string of the molecule is N[C@H](Cc1ccc(Br)cc1)C[C@@H](O)C(=O)O. The fourth-order valence-electron chi connectivity index (χ4n) is 1.39. The van der Waals surface area contributed by atoms with Crippen molar-refractivity contribution in [2.45, 2.75) is 25.0 Å². The van der Waals surface area contributed by atoms with E-state index in [0.29, 0.717) is 6.42 Å². The van der Waals surface area contributed by atoms with Crippen LogP contribution in [-0.4, -0.2) is 28.3 Å². The molecule has 0 aliphatic carbocycles. The molecule has 4 N–H and O–H groups in total. The molecule has 0 saturated heterocycles. The van der Waals surface area contributed by atoms with Crippen molar-refractivity contribution in [1.29, 1.82) is 0 Å². The van der Waals surface area contributed by atoms with Crippen molar-refractivity contribution in [2.24, 2.45) is 5.73 Å². The Labute approximate surface area is 102 Å². The fraction of sp³-hybridized carbons (Fsp3) is 0.364. The van der Waals surface area contributed by atoms with Crippen LogP contribution in [-0.2, 0) is 11.2 Å². The van der Waals surface area contributed by atoms with E-state index in [0.717, 1.165) is 10.0 Å². The molecular weight excluding hydrogens is 274 g/mol. The zero-order valence-electron chi connectivity index (χ0n) is 8.64. The van der Waals surface area contributed by atoms with E-state index >= 15 is 0 Å². The van der Waals surface area contributed by atoms with Crippen molar-refractivity contribution < 1.29 is 15.0 Å². The first-order chi connectivity index (χ1) is 7.49. The van der Waals surface area contributed by atoms with Crippen LogP contribution in [0.15, 0.2) is 28.7 Å². The van der Waals surface area contributed by atoms with Gasteiger partial charge in [-0.3, -0.25) is 0 Å². The number of aliphatic hydroxyl groups is 1. The number of aliphatic carboxylic acids is 1. The third-order valence-electron chi connectivity index (χ3n) is 2.22. The van der Waals surface area contributed by atoms with Gasteiger partial charge < -0.3 is 15.9 Å². The van der Waals surface area contributed by atoms with Crippen molar-refractivity contribution in [3.05, 3.63) is 34.3 Å². The maximum absolute atomic E-state index is 10.4. The topological polar surface area (TPSA) is 83.5 Å². The minimum Gasteiger partial charge on any atom is -0.479 e. The highest BCUT2D eigenvalue weighted by Crippen LogP contribution is 2.12. The number of halogens is 1. The second-order valence-electron chi connectivity index (χ2n) is 3.68. The Kier molecular flexibility index (Phi) is 4.92. The smallest absolute Gasteiger partial charge is 0.332 e. The van der Waals surface area contributed by atoms with Crippen LogP contribution in [0.2, 0.25) is 0 Å². The molecule has 0 amide bonds. The lowest BCUT2D eigenvalue weighted by molar-refractivity contribution is -0.147. The van der Waals surface area contributed by atoms with E-state index in [4.69, 9.17) is 15.9 Å². The van der Waals surface area contributed by atoms with Crippen LogP contribution in [0.5, 0.6) is 0 Å². The lowest BCUT2D eigenvalue weighted by Crippen LogP contribution is -2.32. The fourth-order valence-corrected chi connectivity index (χ4v) is 1.66. The summed E-state index contributed by atoms with van der Waals surface area (Å²) >= 11 is 3.32. The molecule has 1 aromatic rings. The van der Waals surface area contributed by atoms with Crippen molar-refractivity contribution in [3.63, 3.8) is 0 Å². The normalized spacial score (nSPS) is 14.4. The number of hydrogen-bond acceptors (Lipinski definition) is 3. The highest BCUT2D eigenvalue weighted by atomic mass is 79.9. The molecule has 88 valence electrons. The van der Waals surface area contributed by atoms with Gasteiger partial charge in [0.1, 0.15) is 0 Å². The molecule has 1 aromatic carbocycles. The monoisotopic (exact) mass is 287 g/mol. The molecule has 0 unspecified atom stereocenters. The molecule has 16 heavy (non-hydrogen) atoms. The largest absolute Gasteiger partial charge is 0.479 e. The predicted molar refractivity (Wildman–Crippen MR) is 64.1 cm³/mol. The summed E-state index contributed by atoms with van der Waals surface area (Å²) in [6, 6.07) is 7.27. The van der Waals surface area contributed by atoms with Crippen molar-refractivity contribution in [1.82, 2.24) is 0 Å². The Bertz CT molecular complexity index is 353. The first kappa shape index (κ1) is 13.2. The van der Waals surface area contributed by atoms with E-state index in [1.54, 1.807) is 0 Å². The summed E-state index contributed by atoms with van der Waals surface area (Å²) in [5.74, 6) is -1.23. The van der Waals surface area contributed by atoms with E-state index in [1.807, 2.05) is 24.3 Å². The zero-order valence-corrected chi connectivity index (χ0v) is 10.2. The van der Waals surface area contributed by atoms with Gasteiger partial charge in [0, 0.05) is 10.5 Å². The standard InChI is InChI=1S/C11H14BrNO3/c12-8-3-1-7(2-4-8)5-9(13)6-10(14)11(15)16/h1-4,9-10,14H,5-6,13H2,(H,15,16)/t9-,10-/m1/s1. The molecule has 0 aliphatic rings. The zero-order chi connectivity index (χ0) is 12.1. The number of carboxylic acid groups (broad SMARTS) is 1. The van der Waals surface area contributed by atoms with Crippen LogP contribution in [0.4, 0.5) is 0 Å². The summed E-state index contributed by atoms with van der Waals surface area (Å²) in [4.78, 5) is 10.4. The van der Waals surface area contributed by atoms with Crippen LogP contribution >= 0.6 is 15.9 Å². The van der Waals surface area contributed by atoms with Crippen LogP contribution < -0.4 is 5.73 Å². The molecule has 0 heterocycles. The molecule has 0 saturated carbocycles. The van der Waals surface area contributed by atoms with E-state index in [2.05, 4.69) is 15.9 Å². The first-order valence-corrected chi connectivity index (χ1v) is 5.69. The maximum atomic E-state index is 10.4. The summed E-state index contributed by atoms with van der Waals surface area (Å²) in [6.07, 6.45) is -0.770. The predicted octanol–water partition coefficient (Wildman–Crippen LogP) is 1.15. The number of carbonyl (C=O) groups is 1. The van der Waals surface area contributed by atoms with Crippen molar-refractivity contribution in [2.75, 3.05) is 0 Å². The quantitative estimate of drug-likeness (QED) is 0.759. The minimum atomic E-state index is -1.38.